The molecule has 0 fully saturated rings. The Labute approximate surface area is 179 Å². The highest BCUT2D eigenvalue weighted by molar-refractivity contribution is 7.13. The molecule has 30 heavy (non-hydrogen) atoms. The van der Waals surface area contributed by atoms with Crippen molar-refractivity contribution in [2.24, 2.45) is 0 Å². The Morgan fingerprint density at radius 1 is 1.10 bits per heavy atom. The van der Waals surface area contributed by atoms with Crippen molar-refractivity contribution in [2.75, 3.05) is 13.2 Å². The minimum absolute atomic E-state index is 0.158. The number of aromatic nitrogens is 1. The fourth-order valence-electron chi connectivity index (χ4n) is 3.00. The molecule has 0 bridgehead atoms. The lowest BCUT2D eigenvalue weighted by molar-refractivity contribution is 0.0693. The number of hydrogen-bond donors (Lipinski definition) is 2. The molecular weight excluding hydrogens is 402 g/mol. The van der Waals surface area contributed by atoms with Gasteiger partial charge in [-0.25, -0.2) is 9.78 Å². The zero-order valence-electron chi connectivity index (χ0n) is 17.0. The van der Waals surface area contributed by atoms with E-state index in [0.717, 1.165) is 10.6 Å². The molecule has 2 N–H and O–H groups in total. The van der Waals surface area contributed by atoms with Crippen LogP contribution in [0.25, 0.3) is 27.9 Å². The third kappa shape index (κ3) is 4.46. The molecule has 2 aromatic carbocycles. The van der Waals surface area contributed by atoms with E-state index in [1.165, 1.54) is 17.4 Å². The minimum atomic E-state index is -1.19. The number of nitrogens with zero attached hydrogens (tertiary/aromatic N) is 1. The Kier molecular flexibility index (Phi) is 6.74. The quantitative estimate of drug-likeness (QED) is 0.480. The Bertz CT molecular complexity index is 1090. The average molecular weight is 426 g/mol. The van der Waals surface area contributed by atoms with Gasteiger partial charge in [0.05, 0.1) is 18.9 Å². The molecule has 0 unspecified atom stereocenters. The van der Waals surface area contributed by atoms with E-state index in [9.17, 15) is 15.0 Å². The predicted octanol–water partition coefficient (Wildman–Crippen LogP) is 5.71. The highest BCUT2D eigenvalue weighted by atomic mass is 32.1. The van der Waals surface area contributed by atoms with Gasteiger partial charge >= 0.3 is 5.97 Å². The van der Waals surface area contributed by atoms with Gasteiger partial charge in [0.15, 0.2) is 11.5 Å². The second kappa shape index (κ2) is 9.45. The summed E-state index contributed by atoms with van der Waals surface area (Å²) in [5.74, 6) is -0.113. The topological polar surface area (TPSA) is 88.9 Å². The van der Waals surface area contributed by atoms with E-state index in [2.05, 4.69) is 4.98 Å². The molecule has 3 aromatic rings. The second-order valence-corrected chi connectivity index (χ2v) is 7.19. The van der Waals surface area contributed by atoms with Gasteiger partial charge in [-0.2, -0.15) is 0 Å². The van der Waals surface area contributed by atoms with E-state index in [1.807, 2.05) is 37.4 Å². The molecule has 0 saturated heterocycles. The summed E-state index contributed by atoms with van der Waals surface area (Å²) in [6, 6.07) is 8.83. The number of carboxylic acid groups (broad SMARTS) is 1. The number of phenols is 1. The number of benzene rings is 2. The first-order valence-corrected chi connectivity index (χ1v) is 10.4. The number of rotatable bonds is 8. The maximum absolute atomic E-state index is 11.5. The van der Waals surface area contributed by atoms with Gasteiger partial charge in [0.1, 0.15) is 16.3 Å². The van der Waals surface area contributed by atoms with E-state index >= 15 is 0 Å². The standard InChI is InChI=1S/C23H23NO5S/c1-4-7-14-10-16(11-17(21(14)25)23(26)27)18-13-30-22(24-18)15-8-9-19(28-5-2)20(12-15)29-6-3/h4,7-13,25H,5-6H2,1-3H3,(H,26,27)/b7-4-. The number of carbonyl (C=O) groups is 1. The zero-order chi connectivity index (χ0) is 21.7. The highest BCUT2D eigenvalue weighted by Gasteiger charge is 2.17. The lowest BCUT2D eigenvalue weighted by atomic mass is 10.0. The zero-order valence-corrected chi connectivity index (χ0v) is 17.8. The van der Waals surface area contributed by atoms with Gasteiger partial charge in [-0.15, -0.1) is 11.3 Å². The van der Waals surface area contributed by atoms with Crippen molar-refractivity contribution >= 4 is 23.4 Å². The Balaban J connectivity index is 2.03. The Hall–Kier alpha value is -3.32. The molecule has 0 aliphatic heterocycles. The molecule has 6 nitrogen and oxygen atoms in total. The molecule has 3 rings (SSSR count). The van der Waals surface area contributed by atoms with Gasteiger partial charge < -0.3 is 19.7 Å². The molecule has 0 amide bonds. The van der Waals surface area contributed by atoms with Crippen LogP contribution in [0.15, 0.2) is 41.8 Å². The van der Waals surface area contributed by atoms with Gasteiger partial charge in [0.2, 0.25) is 0 Å². The molecule has 7 heteroatoms. The summed E-state index contributed by atoms with van der Waals surface area (Å²) in [6.45, 7) is 6.70. The molecule has 1 heterocycles. The van der Waals surface area contributed by atoms with E-state index in [1.54, 1.807) is 25.1 Å². The Morgan fingerprint density at radius 2 is 1.83 bits per heavy atom. The van der Waals surface area contributed by atoms with Crippen molar-refractivity contribution in [1.29, 1.82) is 0 Å². The van der Waals surface area contributed by atoms with Crippen LogP contribution in [0.3, 0.4) is 0 Å². The molecule has 0 aliphatic rings. The van der Waals surface area contributed by atoms with E-state index in [-0.39, 0.29) is 11.3 Å². The second-order valence-electron chi connectivity index (χ2n) is 6.33. The van der Waals surface area contributed by atoms with Crippen LogP contribution in [0.5, 0.6) is 17.2 Å². The fraction of sp³-hybridized carbons (Fsp3) is 0.217. The molecule has 1 aromatic heterocycles. The van der Waals surface area contributed by atoms with Crippen molar-refractivity contribution in [3.05, 3.63) is 52.9 Å². The first kappa shape index (κ1) is 21.4. The summed E-state index contributed by atoms with van der Waals surface area (Å²) in [4.78, 5) is 16.2. The summed E-state index contributed by atoms with van der Waals surface area (Å²) in [5, 5.41) is 22.3. The Morgan fingerprint density at radius 3 is 2.50 bits per heavy atom. The van der Waals surface area contributed by atoms with Crippen LogP contribution in [-0.4, -0.2) is 34.4 Å². The number of ether oxygens (including phenoxy) is 2. The molecule has 0 aliphatic carbocycles. The first-order valence-electron chi connectivity index (χ1n) is 9.57. The maximum Gasteiger partial charge on any atom is 0.339 e. The monoisotopic (exact) mass is 425 g/mol. The van der Waals surface area contributed by atoms with E-state index in [0.29, 0.717) is 41.5 Å². The number of carboxylic acids is 1. The van der Waals surface area contributed by atoms with Gasteiger partial charge in [0.25, 0.3) is 0 Å². The SMILES string of the molecule is C/C=C\c1cc(-c2csc(-c3ccc(OCC)c(OCC)c3)n2)cc(C(=O)O)c1O. The van der Waals surface area contributed by atoms with Crippen molar-refractivity contribution in [3.63, 3.8) is 0 Å². The number of hydrogen-bond acceptors (Lipinski definition) is 6. The smallest absolute Gasteiger partial charge is 0.339 e. The summed E-state index contributed by atoms with van der Waals surface area (Å²) >= 11 is 1.45. The summed E-state index contributed by atoms with van der Waals surface area (Å²) in [7, 11) is 0. The number of thiazole rings is 1. The fourth-order valence-corrected chi connectivity index (χ4v) is 3.82. The van der Waals surface area contributed by atoms with Crippen molar-refractivity contribution in [2.45, 2.75) is 20.8 Å². The van der Waals surface area contributed by atoms with Crippen LogP contribution in [-0.2, 0) is 0 Å². The van der Waals surface area contributed by atoms with E-state index in [4.69, 9.17) is 9.47 Å². The number of aromatic carboxylic acids is 1. The predicted molar refractivity (Wildman–Crippen MR) is 119 cm³/mol. The van der Waals surface area contributed by atoms with Gasteiger partial charge in [-0.1, -0.05) is 12.2 Å². The number of aromatic hydroxyl groups is 1. The molecule has 0 saturated carbocycles. The highest BCUT2D eigenvalue weighted by Crippen LogP contribution is 2.37. The van der Waals surface area contributed by atoms with Crippen LogP contribution in [0, 0.1) is 0 Å². The van der Waals surface area contributed by atoms with Crippen LogP contribution < -0.4 is 9.47 Å². The summed E-state index contributed by atoms with van der Waals surface area (Å²) in [5.41, 5.74) is 2.41. The molecule has 0 radical (unpaired) electrons. The third-order valence-corrected chi connectivity index (χ3v) is 5.20. The average Bonchev–Trinajstić information content (AvgIpc) is 3.21. The lowest BCUT2D eigenvalue weighted by Crippen LogP contribution is -1.99. The van der Waals surface area contributed by atoms with Gasteiger partial charge in [-0.05, 0) is 51.1 Å². The summed E-state index contributed by atoms with van der Waals surface area (Å²) < 4.78 is 11.3. The van der Waals surface area contributed by atoms with E-state index < -0.39 is 5.97 Å². The lowest BCUT2D eigenvalue weighted by Gasteiger charge is -2.11. The summed E-state index contributed by atoms with van der Waals surface area (Å²) in [6.07, 6.45) is 3.41. The van der Waals surface area contributed by atoms with Crippen LogP contribution in [0.2, 0.25) is 0 Å². The normalized spacial score (nSPS) is 11.0. The van der Waals surface area contributed by atoms with Gasteiger partial charge in [0, 0.05) is 22.1 Å². The molecule has 0 atom stereocenters. The van der Waals surface area contributed by atoms with Crippen molar-refractivity contribution in [3.8, 4) is 39.1 Å². The molecular formula is C23H23NO5S. The van der Waals surface area contributed by atoms with Crippen molar-refractivity contribution < 1.29 is 24.5 Å². The van der Waals surface area contributed by atoms with Crippen LogP contribution >= 0.6 is 11.3 Å². The first-order chi connectivity index (χ1) is 14.5. The molecule has 156 valence electrons. The third-order valence-electron chi connectivity index (χ3n) is 4.31. The maximum atomic E-state index is 11.5. The molecule has 0 spiro atoms. The van der Waals surface area contributed by atoms with Crippen LogP contribution in [0.1, 0.15) is 36.7 Å². The van der Waals surface area contributed by atoms with Crippen LogP contribution in [0.4, 0.5) is 0 Å². The van der Waals surface area contributed by atoms with Crippen molar-refractivity contribution in [1.82, 2.24) is 4.98 Å². The largest absolute Gasteiger partial charge is 0.506 e. The minimum Gasteiger partial charge on any atom is -0.506 e. The number of allylic oxidation sites excluding steroid dienone is 1. The van der Waals surface area contributed by atoms with Gasteiger partial charge in [-0.3, -0.25) is 0 Å².